The molecule has 0 bridgehead atoms. The zero-order valence-electron chi connectivity index (χ0n) is 16.3. The first-order chi connectivity index (χ1) is 10.8. The summed E-state index contributed by atoms with van der Waals surface area (Å²) in [5.41, 5.74) is 0.362. The molecule has 6 heteroatoms. The van der Waals surface area contributed by atoms with Crippen LogP contribution in [0, 0.1) is 0 Å². The van der Waals surface area contributed by atoms with Crippen molar-refractivity contribution < 1.29 is 14.0 Å². The van der Waals surface area contributed by atoms with Gasteiger partial charge in [-0.05, 0) is 51.0 Å². The van der Waals surface area contributed by atoms with Crippen LogP contribution in [0.5, 0.6) is 0 Å². The average Bonchev–Trinajstić information content (AvgIpc) is 2.35. The standard InChI is InChI=1S/C18H32N2O3Si/c1-17(2,3)23-16(21)20-15-11-9-10-14(19-15)12-13-22-24(7,8)18(4,5)6/h9-11H,12-13H2,1-8H3,(H,19,20,21). The highest BCUT2D eigenvalue weighted by molar-refractivity contribution is 6.74. The molecule has 0 aliphatic rings. The molecule has 0 atom stereocenters. The Morgan fingerprint density at radius 2 is 1.79 bits per heavy atom. The maximum Gasteiger partial charge on any atom is 0.413 e. The van der Waals surface area contributed by atoms with Crippen LogP contribution in [0.3, 0.4) is 0 Å². The zero-order valence-corrected chi connectivity index (χ0v) is 17.3. The number of nitrogens with one attached hydrogen (secondary N) is 1. The lowest BCUT2D eigenvalue weighted by molar-refractivity contribution is 0.0635. The molecule has 1 rings (SSSR count). The summed E-state index contributed by atoms with van der Waals surface area (Å²) in [6.07, 6.45) is 0.223. The average molecular weight is 353 g/mol. The normalized spacial score (nSPS) is 12.8. The molecule has 0 aliphatic heterocycles. The van der Waals surface area contributed by atoms with E-state index in [0.717, 1.165) is 12.1 Å². The first kappa shape index (κ1) is 20.6. The Bertz CT molecular complexity index is 560. The molecular formula is C18H32N2O3Si. The Morgan fingerprint density at radius 3 is 2.33 bits per heavy atom. The van der Waals surface area contributed by atoms with E-state index in [9.17, 15) is 4.79 Å². The summed E-state index contributed by atoms with van der Waals surface area (Å²) >= 11 is 0. The van der Waals surface area contributed by atoms with Crippen molar-refractivity contribution in [2.45, 2.75) is 71.7 Å². The van der Waals surface area contributed by atoms with E-state index in [2.05, 4.69) is 44.2 Å². The Hall–Kier alpha value is -1.40. The van der Waals surface area contributed by atoms with Crippen LogP contribution < -0.4 is 5.32 Å². The van der Waals surface area contributed by atoms with E-state index >= 15 is 0 Å². The van der Waals surface area contributed by atoms with Gasteiger partial charge in [0.1, 0.15) is 11.4 Å². The molecule has 0 saturated heterocycles. The molecule has 1 aromatic rings. The highest BCUT2D eigenvalue weighted by Crippen LogP contribution is 2.36. The predicted octanol–water partition coefficient (Wildman–Crippen LogP) is 4.99. The fourth-order valence-corrected chi connectivity index (χ4v) is 2.77. The number of hydrogen-bond donors (Lipinski definition) is 1. The van der Waals surface area contributed by atoms with Gasteiger partial charge in [-0.1, -0.05) is 26.8 Å². The smallest absolute Gasteiger partial charge is 0.413 e. The Morgan fingerprint density at radius 1 is 1.17 bits per heavy atom. The van der Waals surface area contributed by atoms with E-state index in [0.29, 0.717) is 12.4 Å². The van der Waals surface area contributed by atoms with Crippen LogP contribution in [0.25, 0.3) is 0 Å². The largest absolute Gasteiger partial charge is 0.444 e. The number of rotatable bonds is 5. The quantitative estimate of drug-likeness (QED) is 0.758. The number of pyridine rings is 1. The number of hydrogen-bond acceptors (Lipinski definition) is 4. The molecule has 0 aliphatic carbocycles. The Balaban J connectivity index is 2.59. The van der Waals surface area contributed by atoms with Crippen molar-refractivity contribution in [1.29, 1.82) is 0 Å². The van der Waals surface area contributed by atoms with E-state index in [-0.39, 0.29) is 5.04 Å². The molecule has 1 N–H and O–H groups in total. The summed E-state index contributed by atoms with van der Waals surface area (Å²) in [6, 6.07) is 5.57. The van der Waals surface area contributed by atoms with Crippen molar-refractivity contribution in [3.8, 4) is 0 Å². The van der Waals surface area contributed by atoms with Crippen molar-refractivity contribution >= 4 is 20.2 Å². The van der Waals surface area contributed by atoms with E-state index in [1.807, 2.05) is 32.9 Å². The molecule has 0 unspecified atom stereocenters. The van der Waals surface area contributed by atoms with E-state index in [1.54, 1.807) is 6.07 Å². The minimum atomic E-state index is -1.74. The monoisotopic (exact) mass is 352 g/mol. The summed E-state index contributed by atoms with van der Waals surface area (Å²) in [6.45, 7) is 17.3. The molecule has 5 nitrogen and oxygen atoms in total. The third kappa shape index (κ3) is 7.01. The molecule has 24 heavy (non-hydrogen) atoms. The van der Waals surface area contributed by atoms with Gasteiger partial charge in [-0.25, -0.2) is 9.78 Å². The van der Waals surface area contributed by atoms with Crippen LogP contribution in [0.1, 0.15) is 47.2 Å². The lowest BCUT2D eigenvalue weighted by Gasteiger charge is -2.36. The predicted molar refractivity (Wildman–Crippen MR) is 101 cm³/mol. The molecule has 1 aromatic heterocycles. The van der Waals surface area contributed by atoms with Gasteiger partial charge in [0.25, 0.3) is 0 Å². The first-order valence-electron chi connectivity index (χ1n) is 8.40. The zero-order chi connectivity index (χ0) is 18.6. The van der Waals surface area contributed by atoms with Crippen LogP contribution >= 0.6 is 0 Å². The molecule has 1 amide bonds. The van der Waals surface area contributed by atoms with Gasteiger partial charge in [-0.15, -0.1) is 0 Å². The minimum absolute atomic E-state index is 0.195. The lowest BCUT2D eigenvalue weighted by Crippen LogP contribution is -2.41. The van der Waals surface area contributed by atoms with E-state index in [4.69, 9.17) is 9.16 Å². The molecular weight excluding hydrogens is 320 g/mol. The summed E-state index contributed by atoms with van der Waals surface area (Å²) < 4.78 is 11.4. The topological polar surface area (TPSA) is 60.5 Å². The van der Waals surface area contributed by atoms with Gasteiger partial charge in [-0.2, -0.15) is 0 Å². The van der Waals surface area contributed by atoms with E-state index < -0.39 is 20.0 Å². The van der Waals surface area contributed by atoms with Gasteiger partial charge in [-0.3, -0.25) is 5.32 Å². The van der Waals surface area contributed by atoms with Crippen LogP contribution in [-0.4, -0.2) is 31.6 Å². The molecule has 1 heterocycles. The first-order valence-corrected chi connectivity index (χ1v) is 11.3. The summed E-state index contributed by atoms with van der Waals surface area (Å²) in [7, 11) is -1.74. The third-order valence-electron chi connectivity index (χ3n) is 4.06. The van der Waals surface area contributed by atoms with Gasteiger partial charge in [0.05, 0.1) is 0 Å². The van der Waals surface area contributed by atoms with Crippen molar-refractivity contribution in [2.24, 2.45) is 0 Å². The molecule has 0 spiro atoms. The molecule has 0 aromatic carbocycles. The number of anilines is 1. The van der Waals surface area contributed by atoms with Gasteiger partial charge in [0.15, 0.2) is 8.32 Å². The number of carbonyl (C=O) groups is 1. The second-order valence-corrected chi connectivity index (χ2v) is 13.3. The highest BCUT2D eigenvalue weighted by Gasteiger charge is 2.36. The summed E-state index contributed by atoms with van der Waals surface area (Å²) in [5, 5.41) is 2.86. The fraction of sp³-hybridized carbons (Fsp3) is 0.667. The highest BCUT2D eigenvalue weighted by atomic mass is 28.4. The summed E-state index contributed by atoms with van der Waals surface area (Å²) in [5.74, 6) is 0.495. The van der Waals surface area contributed by atoms with Crippen molar-refractivity contribution in [3.63, 3.8) is 0 Å². The van der Waals surface area contributed by atoms with Crippen molar-refractivity contribution in [3.05, 3.63) is 23.9 Å². The number of carbonyl (C=O) groups excluding carboxylic acids is 1. The summed E-state index contributed by atoms with van der Waals surface area (Å²) in [4.78, 5) is 16.3. The lowest BCUT2D eigenvalue weighted by atomic mass is 10.2. The van der Waals surface area contributed by atoms with Gasteiger partial charge >= 0.3 is 6.09 Å². The second-order valence-electron chi connectivity index (χ2n) is 8.50. The number of aromatic nitrogens is 1. The Kier molecular flexibility index (Phi) is 6.58. The van der Waals surface area contributed by atoms with Crippen LogP contribution in [0.15, 0.2) is 18.2 Å². The van der Waals surface area contributed by atoms with Crippen LogP contribution in [0.4, 0.5) is 10.6 Å². The molecule has 0 radical (unpaired) electrons. The van der Waals surface area contributed by atoms with Crippen molar-refractivity contribution in [1.82, 2.24) is 4.98 Å². The van der Waals surface area contributed by atoms with Gasteiger partial charge in [0.2, 0.25) is 0 Å². The molecule has 0 saturated carbocycles. The van der Waals surface area contributed by atoms with Gasteiger partial charge in [0, 0.05) is 18.7 Å². The van der Waals surface area contributed by atoms with Gasteiger partial charge < -0.3 is 9.16 Å². The SMILES string of the molecule is CC(C)(C)OC(=O)Nc1cccc(CCO[Si](C)(C)C(C)(C)C)n1. The number of ether oxygens (including phenoxy) is 1. The van der Waals surface area contributed by atoms with Crippen molar-refractivity contribution in [2.75, 3.05) is 11.9 Å². The minimum Gasteiger partial charge on any atom is -0.444 e. The molecule has 0 fully saturated rings. The third-order valence-corrected chi connectivity index (χ3v) is 8.60. The Labute approximate surface area is 147 Å². The van der Waals surface area contributed by atoms with E-state index in [1.165, 1.54) is 0 Å². The molecule has 136 valence electrons. The fourth-order valence-electron chi connectivity index (χ4n) is 1.72. The second kappa shape index (κ2) is 7.65. The van der Waals surface area contributed by atoms with Crippen LogP contribution in [0.2, 0.25) is 18.1 Å². The van der Waals surface area contributed by atoms with Crippen LogP contribution in [-0.2, 0) is 15.6 Å². The maximum absolute atomic E-state index is 11.8. The maximum atomic E-state index is 11.8. The number of nitrogens with zero attached hydrogens (tertiary/aromatic N) is 1. The number of amides is 1.